The molecular weight excluding hydrogens is 156 g/mol. The highest BCUT2D eigenvalue weighted by molar-refractivity contribution is 5.20. The summed E-state index contributed by atoms with van der Waals surface area (Å²) in [7, 11) is 5.85. The fraction of sp³-hybridized carbons (Fsp3) is 0.833. The van der Waals surface area contributed by atoms with Crippen molar-refractivity contribution >= 4 is 5.95 Å². The Morgan fingerprint density at radius 3 is 2.75 bits per heavy atom. The van der Waals surface area contributed by atoms with Crippen molar-refractivity contribution in [3.63, 3.8) is 0 Å². The number of hydrogen-bond acceptors (Lipinski definition) is 5. The number of nitrogens with one attached hydrogen (secondary N) is 1. The minimum absolute atomic E-state index is 0.705. The Kier molecular flexibility index (Phi) is 2.98. The summed E-state index contributed by atoms with van der Waals surface area (Å²) < 4.78 is 1.61. The van der Waals surface area contributed by atoms with E-state index in [1.54, 1.807) is 11.7 Å². The first-order valence-electron chi connectivity index (χ1n) is 3.81. The summed E-state index contributed by atoms with van der Waals surface area (Å²) in [5, 5.41) is 14.1. The minimum atomic E-state index is 0.705. The van der Waals surface area contributed by atoms with Crippen molar-refractivity contribution in [1.82, 2.24) is 25.1 Å². The second-order valence-electron chi connectivity index (χ2n) is 2.86. The van der Waals surface area contributed by atoms with Crippen molar-refractivity contribution < 1.29 is 0 Å². The molecule has 1 aromatic rings. The van der Waals surface area contributed by atoms with Crippen molar-refractivity contribution in [2.24, 2.45) is 7.05 Å². The molecule has 0 saturated carbocycles. The van der Waals surface area contributed by atoms with Crippen LogP contribution in [0.2, 0.25) is 0 Å². The first kappa shape index (κ1) is 8.92. The van der Waals surface area contributed by atoms with Crippen LogP contribution in [0.4, 0.5) is 5.95 Å². The predicted octanol–water partition coefficient (Wildman–Crippen LogP) is -0.816. The van der Waals surface area contributed by atoms with E-state index in [0.717, 1.165) is 13.1 Å². The maximum Gasteiger partial charge on any atom is 0.242 e. The molecule has 0 bridgehead atoms. The van der Waals surface area contributed by atoms with Gasteiger partial charge in [-0.15, -0.1) is 0 Å². The number of aryl methyl sites for hydroxylation is 1. The Balaban J connectivity index is 2.29. The molecule has 1 aromatic heterocycles. The number of likely N-dealkylation sites (N-methyl/N-ethyl adjacent to an activating group) is 1. The number of hydrogen-bond donors (Lipinski definition) is 1. The third-order valence-corrected chi connectivity index (χ3v) is 1.46. The second-order valence-corrected chi connectivity index (χ2v) is 2.86. The van der Waals surface area contributed by atoms with E-state index in [-0.39, 0.29) is 0 Å². The van der Waals surface area contributed by atoms with E-state index in [1.165, 1.54) is 0 Å². The molecule has 0 saturated heterocycles. The van der Waals surface area contributed by atoms with Gasteiger partial charge in [0.05, 0.1) is 0 Å². The third-order valence-electron chi connectivity index (χ3n) is 1.46. The van der Waals surface area contributed by atoms with Gasteiger partial charge in [-0.1, -0.05) is 5.10 Å². The molecule has 1 rings (SSSR count). The van der Waals surface area contributed by atoms with Crippen LogP contribution in [0.15, 0.2) is 0 Å². The van der Waals surface area contributed by atoms with E-state index in [9.17, 15) is 0 Å². The number of tetrazole rings is 1. The van der Waals surface area contributed by atoms with Crippen LogP contribution in [-0.2, 0) is 7.05 Å². The van der Waals surface area contributed by atoms with Gasteiger partial charge in [-0.3, -0.25) is 0 Å². The molecular formula is C6H14N6. The van der Waals surface area contributed by atoms with Crippen LogP contribution in [-0.4, -0.2) is 52.3 Å². The van der Waals surface area contributed by atoms with Gasteiger partial charge >= 0.3 is 0 Å². The van der Waals surface area contributed by atoms with E-state index in [2.05, 4.69) is 25.7 Å². The quantitative estimate of drug-likeness (QED) is 0.640. The van der Waals surface area contributed by atoms with Gasteiger partial charge < -0.3 is 10.2 Å². The Morgan fingerprint density at radius 2 is 2.25 bits per heavy atom. The van der Waals surface area contributed by atoms with E-state index < -0.39 is 0 Å². The lowest BCUT2D eigenvalue weighted by molar-refractivity contribution is 0.424. The highest BCUT2D eigenvalue weighted by Crippen LogP contribution is 1.93. The zero-order valence-corrected chi connectivity index (χ0v) is 7.65. The maximum absolute atomic E-state index is 3.78. The summed E-state index contributed by atoms with van der Waals surface area (Å²) >= 11 is 0. The molecule has 0 amide bonds. The second kappa shape index (κ2) is 4.01. The Hall–Kier alpha value is -1.17. The molecule has 6 heteroatoms. The van der Waals surface area contributed by atoms with Gasteiger partial charge in [0.2, 0.25) is 5.95 Å². The summed E-state index contributed by atoms with van der Waals surface area (Å²) in [6, 6.07) is 0. The molecule has 0 atom stereocenters. The number of rotatable bonds is 4. The average molecular weight is 170 g/mol. The van der Waals surface area contributed by atoms with Gasteiger partial charge in [0, 0.05) is 20.1 Å². The largest absolute Gasteiger partial charge is 0.352 e. The van der Waals surface area contributed by atoms with E-state index >= 15 is 0 Å². The maximum atomic E-state index is 3.78. The van der Waals surface area contributed by atoms with E-state index in [0.29, 0.717) is 5.95 Å². The Bertz CT molecular complexity index is 230. The molecule has 12 heavy (non-hydrogen) atoms. The summed E-state index contributed by atoms with van der Waals surface area (Å²) in [5.41, 5.74) is 0. The molecule has 0 aliphatic heterocycles. The molecule has 0 unspecified atom stereocenters. The van der Waals surface area contributed by atoms with Crippen LogP contribution >= 0.6 is 0 Å². The van der Waals surface area contributed by atoms with Crippen LogP contribution in [0.3, 0.4) is 0 Å². The fourth-order valence-electron chi connectivity index (χ4n) is 0.771. The Labute approximate surface area is 71.5 Å². The van der Waals surface area contributed by atoms with Crippen LogP contribution in [0.25, 0.3) is 0 Å². The van der Waals surface area contributed by atoms with Crippen molar-refractivity contribution in [3.8, 4) is 0 Å². The zero-order valence-electron chi connectivity index (χ0n) is 7.65. The molecule has 0 aromatic carbocycles. The third kappa shape index (κ3) is 2.46. The lowest BCUT2D eigenvalue weighted by atomic mass is 10.6. The highest BCUT2D eigenvalue weighted by Gasteiger charge is 1.98. The van der Waals surface area contributed by atoms with Crippen LogP contribution in [0.5, 0.6) is 0 Å². The molecule has 0 spiro atoms. The van der Waals surface area contributed by atoms with Gasteiger partial charge in [0.25, 0.3) is 0 Å². The smallest absolute Gasteiger partial charge is 0.242 e. The van der Waals surface area contributed by atoms with Gasteiger partial charge in [0.1, 0.15) is 0 Å². The van der Waals surface area contributed by atoms with Crippen molar-refractivity contribution in [1.29, 1.82) is 0 Å². The molecule has 1 N–H and O–H groups in total. The molecule has 6 nitrogen and oxygen atoms in total. The summed E-state index contributed by atoms with van der Waals surface area (Å²) in [6.45, 7) is 1.81. The van der Waals surface area contributed by atoms with Gasteiger partial charge in [-0.25, -0.2) is 4.68 Å². The monoisotopic (exact) mass is 170 g/mol. The predicted molar refractivity (Wildman–Crippen MR) is 45.8 cm³/mol. The van der Waals surface area contributed by atoms with Gasteiger partial charge in [-0.05, 0) is 24.5 Å². The molecule has 0 aliphatic carbocycles. The van der Waals surface area contributed by atoms with Gasteiger partial charge in [-0.2, -0.15) is 0 Å². The van der Waals surface area contributed by atoms with Gasteiger partial charge in [0.15, 0.2) is 0 Å². The lowest BCUT2D eigenvalue weighted by Gasteiger charge is -2.09. The van der Waals surface area contributed by atoms with Crippen LogP contribution in [0.1, 0.15) is 0 Å². The lowest BCUT2D eigenvalue weighted by Crippen LogP contribution is -2.21. The number of anilines is 1. The molecule has 0 aliphatic rings. The Morgan fingerprint density at radius 1 is 1.50 bits per heavy atom. The number of aromatic nitrogens is 4. The average Bonchev–Trinajstić information content (AvgIpc) is 2.36. The van der Waals surface area contributed by atoms with Crippen LogP contribution < -0.4 is 5.32 Å². The summed E-state index contributed by atoms with van der Waals surface area (Å²) in [5.74, 6) is 0.705. The highest BCUT2D eigenvalue weighted by atomic mass is 15.6. The zero-order chi connectivity index (χ0) is 8.97. The van der Waals surface area contributed by atoms with Crippen molar-refractivity contribution in [3.05, 3.63) is 0 Å². The molecule has 1 heterocycles. The summed E-state index contributed by atoms with van der Waals surface area (Å²) in [6.07, 6.45) is 0. The van der Waals surface area contributed by atoms with E-state index in [1.807, 2.05) is 14.1 Å². The normalized spacial score (nSPS) is 10.7. The van der Waals surface area contributed by atoms with Crippen molar-refractivity contribution in [2.75, 3.05) is 32.5 Å². The molecule has 0 radical (unpaired) electrons. The van der Waals surface area contributed by atoms with E-state index in [4.69, 9.17) is 0 Å². The molecule has 0 fully saturated rings. The van der Waals surface area contributed by atoms with Crippen LogP contribution in [0, 0.1) is 0 Å². The SMILES string of the molecule is CN(C)CCNc1nnnn1C. The van der Waals surface area contributed by atoms with Crippen molar-refractivity contribution in [2.45, 2.75) is 0 Å². The first-order valence-corrected chi connectivity index (χ1v) is 3.81. The minimum Gasteiger partial charge on any atom is -0.352 e. The standard InChI is InChI=1S/C6H14N6/c1-11(2)5-4-7-6-8-9-10-12(6)3/h4-5H2,1-3H3,(H,7,8,10). The fourth-order valence-corrected chi connectivity index (χ4v) is 0.771. The molecule has 68 valence electrons. The number of nitrogens with zero attached hydrogens (tertiary/aromatic N) is 5. The first-order chi connectivity index (χ1) is 5.70. The topological polar surface area (TPSA) is 58.9 Å². The summed E-state index contributed by atoms with van der Waals surface area (Å²) in [4.78, 5) is 2.09.